The summed E-state index contributed by atoms with van der Waals surface area (Å²) in [6, 6.07) is 16.8. The number of carbonyl (C=O) groups is 1. The van der Waals surface area contributed by atoms with Gasteiger partial charge < -0.3 is 9.47 Å². The van der Waals surface area contributed by atoms with Crippen LogP contribution < -0.4 is 14.8 Å². The number of hydrogen-bond donors (Lipinski definition) is 1. The van der Waals surface area contributed by atoms with Crippen LogP contribution in [0.15, 0.2) is 60.0 Å². The van der Waals surface area contributed by atoms with Crippen molar-refractivity contribution in [3.63, 3.8) is 0 Å². The number of hydrogen-bond acceptors (Lipinski definition) is 5. The summed E-state index contributed by atoms with van der Waals surface area (Å²) in [5.74, 6) is 1.15. The van der Waals surface area contributed by atoms with Gasteiger partial charge in [0.15, 0.2) is 11.7 Å². The van der Waals surface area contributed by atoms with Crippen LogP contribution in [-0.4, -0.2) is 24.6 Å². The highest BCUT2D eigenvalue weighted by Gasteiger charge is 2.11. The van der Waals surface area contributed by atoms with Gasteiger partial charge in [-0.1, -0.05) is 30.3 Å². The van der Waals surface area contributed by atoms with E-state index >= 15 is 0 Å². The molecule has 1 amide bonds. The molecule has 1 N–H and O–H groups in total. The SMILES string of the molecule is COc1ccccc1-c1csc(NC(=O)COc2ccccc2)n1. The fourth-order valence-corrected chi connectivity index (χ4v) is 2.86. The van der Waals surface area contributed by atoms with Crippen molar-refractivity contribution in [2.24, 2.45) is 0 Å². The number of methoxy groups -OCH3 is 1. The number of carbonyl (C=O) groups excluding carboxylic acids is 1. The highest BCUT2D eigenvalue weighted by Crippen LogP contribution is 2.31. The van der Waals surface area contributed by atoms with Crippen LogP contribution in [0.2, 0.25) is 0 Å². The van der Waals surface area contributed by atoms with Crippen LogP contribution in [-0.2, 0) is 4.79 Å². The third kappa shape index (κ3) is 3.91. The molecule has 0 unspecified atom stereocenters. The molecular formula is C18H16N2O3S. The Balaban J connectivity index is 1.62. The maximum absolute atomic E-state index is 12.0. The van der Waals surface area contributed by atoms with Gasteiger partial charge in [-0.2, -0.15) is 0 Å². The van der Waals surface area contributed by atoms with Gasteiger partial charge in [0, 0.05) is 10.9 Å². The van der Waals surface area contributed by atoms with Gasteiger partial charge >= 0.3 is 0 Å². The first-order chi connectivity index (χ1) is 11.8. The number of aromatic nitrogens is 1. The summed E-state index contributed by atoms with van der Waals surface area (Å²) >= 11 is 1.36. The number of anilines is 1. The van der Waals surface area contributed by atoms with E-state index in [0.717, 1.165) is 17.0 Å². The molecule has 0 spiro atoms. The fourth-order valence-electron chi connectivity index (χ4n) is 2.13. The third-order valence-electron chi connectivity index (χ3n) is 3.25. The quantitative estimate of drug-likeness (QED) is 0.741. The monoisotopic (exact) mass is 340 g/mol. The number of benzene rings is 2. The Bertz CT molecular complexity index is 818. The minimum atomic E-state index is -0.250. The zero-order valence-electron chi connectivity index (χ0n) is 13.1. The highest BCUT2D eigenvalue weighted by molar-refractivity contribution is 7.14. The first-order valence-electron chi connectivity index (χ1n) is 7.33. The first-order valence-corrected chi connectivity index (χ1v) is 8.21. The van der Waals surface area contributed by atoms with Crippen LogP contribution in [0.1, 0.15) is 0 Å². The lowest BCUT2D eigenvalue weighted by Gasteiger charge is -2.06. The predicted molar refractivity (Wildman–Crippen MR) is 94.7 cm³/mol. The van der Waals surface area contributed by atoms with E-state index in [2.05, 4.69) is 10.3 Å². The average molecular weight is 340 g/mol. The van der Waals surface area contributed by atoms with Crippen LogP contribution >= 0.6 is 11.3 Å². The maximum atomic E-state index is 12.0. The number of rotatable bonds is 6. The molecule has 1 aromatic heterocycles. The van der Waals surface area contributed by atoms with Crippen molar-refractivity contribution in [3.05, 3.63) is 60.0 Å². The van der Waals surface area contributed by atoms with Crippen LogP contribution in [0.4, 0.5) is 5.13 Å². The minimum Gasteiger partial charge on any atom is -0.496 e. The number of para-hydroxylation sites is 2. The Morgan fingerprint density at radius 1 is 1.12 bits per heavy atom. The lowest BCUT2D eigenvalue weighted by atomic mass is 10.1. The summed E-state index contributed by atoms with van der Waals surface area (Å²) < 4.78 is 10.7. The average Bonchev–Trinajstić information content (AvgIpc) is 3.09. The van der Waals surface area contributed by atoms with Gasteiger partial charge in [0.05, 0.1) is 12.8 Å². The molecule has 122 valence electrons. The highest BCUT2D eigenvalue weighted by atomic mass is 32.1. The number of thiazole rings is 1. The third-order valence-corrected chi connectivity index (χ3v) is 4.00. The van der Waals surface area contributed by atoms with Gasteiger partial charge in [-0.25, -0.2) is 4.98 Å². The second-order valence-corrected chi connectivity index (χ2v) is 5.75. The molecule has 3 rings (SSSR count). The molecule has 0 atom stereocenters. The van der Waals surface area contributed by atoms with Gasteiger partial charge in [0.2, 0.25) is 0 Å². The molecule has 2 aromatic carbocycles. The van der Waals surface area contributed by atoms with Crippen molar-refractivity contribution >= 4 is 22.4 Å². The van der Waals surface area contributed by atoms with Gasteiger partial charge in [-0.05, 0) is 24.3 Å². The van der Waals surface area contributed by atoms with Crippen LogP contribution in [0.5, 0.6) is 11.5 Å². The van der Waals surface area contributed by atoms with Gasteiger partial charge in [-0.15, -0.1) is 11.3 Å². The van der Waals surface area contributed by atoms with Crippen molar-refractivity contribution in [1.82, 2.24) is 4.98 Å². The number of ether oxygens (including phenoxy) is 2. The molecule has 0 aliphatic carbocycles. The zero-order chi connectivity index (χ0) is 16.8. The molecule has 3 aromatic rings. The van der Waals surface area contributed by atoms with Crippen LogP contribution in [0.3, 0.4) is 0 Å². The zero-order valence-corrected chi connectivity index (χ0v) is 13.9. The molecule has 6 heteroatoms. The van der Waals surface area contributed by atoms with Crippen LogP contribution in [0, 0.1) is 0 Å². The second-order valence-electron chi connectivity index (χ2n) is 4.89. The Labute approximate surface area is 143 Å². The van der Waals surface area contributed by atoms with E-state index in [4.69, 9.17) is 9.47 Å². The summed E-state index contributed by atoms with van der Waals surface area (Å²) in [6.07, 6.45) is 0. The Hall–Kier alpha value is -2.86. The Morgan fingerprint density at radius 3 is 2.67 bits per heavy atom. The van der Waals surface area contributed by atoms with Crippen molar-refractivity contribution < 1.29 is 14.3 Å². The van der Waals surface area contributed by atoms with Crippen LogP contribution in [0.25, 0.3) is 11.3 Å². The summed E-state index contributed by atoms with van der Waals surface area (Å²) in [7, 11) is 1.62. The van der Waals surface area contributed by atoms with E-state index < -0.39 is 0 Å². The lowest BCUT2D eigenvalue weighted by molar-refractivity contribution is -0.118. The maximum Gasteiger partial charge on any atom is 0.264 e. The predicted octanol–water partition coefficient (Wildman–Crippen LogP) is 3.84. The number of amides is 1. The standard InChI is InChI=1S/C18H16N2O3S/c1-22-16-10-6-5-9-14(16)15-12-24-18(19-15)20-17(21)11-23-13-7-3-2-4-8-13/h2-10,12H,11H2,1H3,(H,19,20,21). The lowest BCUT2D eigenvalue weighted by Crippen LogP contribution is -2.20. The van der Waals surface area contributed by atoms with Gasteiger partial charge in [0.1, 0.15) is 11.5 Å². The molecule has 0 fully saturated rings. The van der Waals surface area contributed by atoms with E-state index in [9.17, 15) is 4.79 Å². The van der Waals surface area contributed by atoms with E-state index in [1.807, 2.05) is 47.8 Å². The molecule has 0 saturated heterocycles. The summed E-state index contributed by atoms with van der Waals surface area (Å²) in [4.78, 5) is 16.4. The van der Waals surface area contributed by atoms with E-state index in [-0.39, 0.29) is 12.5 Å². The molecule has 0 aliphatic rings. The molecule has 1 heterocycles. The minimum absolute atomic E-state index is 0.0619. The molecule has 0 aliphatic heterocycles. The number of nitrogens with zero attached hydrogens (tertiary/aromatic N) is 1. The van der Waals surface area contributed by atoms with Crippen molar-refractivity contribution in [2.75, 3.05) is 19.0 Å². The molecule has 0 radical (unpaired) electrons. The van der Waals surface area contributed by atoms with E-state index in [1.165, 1.54) is 11.3 Å². The molecule has 5 nitrogen and oxygen atoms in total. The summed E-state index contributed by atoms with van der Waals surface area (Å²) in [6.45, 7) is -0.0619. The molecular weight excluding hydrogens is 324 g/mol. The largest absolute Gasteiger partial charge is 0.496 e. The number of nitrogens with one attached hydrogen (secondary N) is 1. The molecule has 0 saturated carbocycles. The smallest absolute Gasteiger partial charge is 0.264 e. The normalized spacial score (nSPS) is 10.2. The van der Waals surface area contributed by atoms with Crippen molar-refractivity contribution in [2.45, 2.75) is 0 Å². The van der Waals surface area contributed by atoms with Crippen molar-refractivity contribution in [1.29, 1.82) is 0 Å². The van der Waals surface area contributed by atoms with Crippen molar-refractivity contribution in [3.8, 4) is 22.8 Å². The van der Waals surface area contributed by atoms with E-state index in [1.54, 1.807) is 19.2 Å². The van der Waals surface area contributed by atoms with Gasteiger partial charge in [-0.3, -0.25) is 10.1 Å². The summed E-state index contributed by atoms with van der Waals surface area (Å²) in [5.41, 5.74) is 1.65. The molecule has 24 heavy (non-hydrogen) atoms. The Morgan fingerprint density at radius 2 is 1.88 bits per heavy atom. The first kappa shape index (κ1) is 16.0. The van der Waals surface area contributed by atoms with Gasteiger partial charge in [0.25, 0.3) is 5.91 Å². The molecule has 0 bridgehead atoms. The van der Waals surface area contributed by atoms with E-state index in [0.29, 0.717) is 10.9 Å². The summed E-state index contributed by atoms with van der Waals surface area (Å²) in [5, 5.41) is 5.15. The fraction of sp³-hybridized carbons (Fsp3) is 0.111. The topological polar surface area (TPSA) is 60.5 Å². The second kappa shape index (κ2) is 7.61. The Kier molecular flexibility index (Phi) is 5.08.